The first-order valence-corrected chi connectivity index (χ1v) is 11.1. The van der Waals surface area contributed by atoms with Crippen LogP contribution in [0.5, 0.6) is 5.75 Å². The van der Waals surface area contributed by atoms with Crippen molar-refractivity contribution in [1.29, 1.82) is 0 Å². The van der Waals surface area contributed by atoms with Gasteiger partial charge >= 0.3 is 0 Å². The number of hydrogen-bond donors (Lipinski definition) is 1. The van der Waals surface area contributed by atoms with E-state index in [2.05, 4.69) is 20.6 Å². The molecule has 4 aromatic rings. The molecule has 0 radical (unpaired) electrons. The maximum absolute atomic E-state index is 12.3. The number of nitrogens with one attached hydrogen (secondary N) is 1. The molecule has 0 saturated heterocycles. The molecule has 2 heterocycles. The van der Waals surface area contributed by atoms with E-state index in [1.165, 1.54) is 11.8 Å². The van der Waals surface area contributed by atoms with Crippen molar-refractivity contribution < 1.29 is 9.53 Å². The molecular formula is C21H17Cl2N5O2S. The molecule has 7 nitrogen and oxygen atoms in total. The summed E-state index contributed by atoms with van der Waals surface area (Å²) in [5.74, 6) is 1.33. The highest BCUT2D eigenvalue weighted by Gasteiger charge is 2.13. The largest absolute Gasteiger partial charge is 0.494 e. The Morgan fingerprint density at radius 2 is 1.90 bits per heavy atom. The fourth-order valence-corrected chi connectivity index (χ4v) is 3.82. The maximum Gasteiger partial charge on any atom is 0.234 e. The number of rotatable bonds is 7. The fraction of sp³-hybridized carbons (Fsp3) is 0.143. The monoisotopic (exact) mass is 473 g/mol. The van der Waals surface area contributed by atoms with E-state index in [1.807, 2.05) is 37.3 Å². The Labute approximate surface area is 192 Å². The van der Waals surface area contributed by atoms with E-state index >= 15 is 0 Å². The molecule has 0 spiro atoms. The lowest BCUT2D eigenvalue weighted by Gasteiger charge is -2.08. The van der Waals surface area contributed by atoms with E-state index in [4.69, 9.17) is 27.9 Å². The summed E-state index contributed by atoms with van der Waals surface area (Å²) >= 11 is 13.4. The molecule has 0 bridgehead atoms. The summed E-state index contributed by atoms with van der Waals surface area (Å²) in [6, 6.07) is 16.3. The molecule has 0 aliphatic rings. The van der Waals surface area contributed by atoms with Crippen molar-refractivity contribution in [2.24, 2.45) is 0 Å². The third-order valence-corrected chi connectivity index (χ3v) is 5.98. The van der Waals surface area contributed by atoms with Gasteiger partial charge in [0.25, 0.3) is 0 Å². The molecule has 2 aromatic heterocycles. The Morgan fingerprint density at radius 3 is 2.68 bits per heavy atom. The number of benzene rings is 2. The summed E-state index contributed by atoms with van der Waals surface area (Å²) in [7, 11) is 0. The second-order valence-corrected chi connectivity index (χ2v) is 8.14. The normalized spacial score (nSPS) is 10.9. The van der Waals surface area contributed by atoms with E-state index in [-0.39, 0.29) is 11.7 Å². The summed E-state index contributed by atoms with van der Waals surface area (Å²) in [6.45, 7) is 2.54. The minimum absolute atomic E-state index is 0.155. The molecule has 0 unspecified atom stereocenters. The Kier molecular flexibility index (Phi) is 6.60. The van der Waals surface area contributed by atoms with Crippen LogP contribution in [0.3, 0.4) is 0 Å². The Bertz CT molecular complexity index is 1230. The Balaban J connectivity index is 1.48. The standard InChI is InChI=1S/C21H17Cl2N5O2S/c1-2-30-14-8-6-13(7-9-14)21-26-25-17-10-11-19(27-28(17)21)31-12-18(29)24-16-5-3-4-15(22)20(16)23/h3-11H,2,12H2,1H3,(H,24,29). The number of halogens is 2. The van der Waals surface area contributed by atoms with Gasteiger partial charge in [-0.1, -0.05) is 41.0 Å². The summed E-state index contributed by atoms with van der Waals surface area (Å²) < 4.78 is 7.14. The second-order valence-electron chi connectivity index (χ2n) is 6.36. The average molecular weight is 474 g/mol. The molecule has 158 valence electrons. The number of anilines is 1. The van der Waals surface area contributed by atoms with Gasteiger partial charge in [-0.3, -0.25) is 4.79 Å². The highest BCUT2D eigenvalue weighted by atomic mass is 35.5. The lowest BCUT2D eigenvalue weighted by atomic mass is 10.2. The highest BCUT2D eigenvalue weighted by molar-refractivity contribution is 7.99. The van der Waals surface area contributed by atoms with Gasteiger partial charge in [0.15, 0.2) is 11.5 Å². The average Bonchev–Trinajstić information content (AvgIpc) is 3.19. The van der Waals surface area contributed by atoms with Crippen LogP contribution in [0, 0.1) is 0 Å². The zero-order valence-corrected chi connectivity index (χ0v) is 18.7. The van der Waals surface area contributed by atoms with E-state index in [1.54, 1.807) is 28.8 Å². The van der Waals surface area contributed by atoms with Crippen molar-refractivity contribution in [3.05, 3.63) is 64.6 Å². The van der Waals surface area contributed by atoms with Crippen LogP contribution in [0.1, 0.15) is 6.92 Å². The molecule has 0 saturated carbocycles. The Hall–Kier alpha value is -2.81. The van der Waals surface area contributed by atoms with Crippen molar-refractivity contribution in [2.75, 3.05) is 17.7 Å². The number of aromatic nitrogens is 4. The molecule has 1 amide bonds. The van der Waals surface area contributed by atoms with Crippen molar-refractivity contribution >= 4 is 52.2 Å². The lowest BCUT2D eigenvalue weighted by Crippen LogP contribution is -2.14. The number of carbonyl (C=O) groups is 1. The summed E-state index contributed by atoms with van der Waals surface area (Å²) in [5.41, 5.74) is 1.95. The highest BCUT2D eigenvalue weighted by Crippen LogP contribution is 2.30. The first kappa shape index (κ1) is 21.4. The summed E-state index contributed by atoms with van der Waals surface area (Å²) in [5, 5.41) is 17.1. The van der Waals surface area contributed by atoms with Gasteiger partial charge in [0.05, 0.1) is 28.1 Å². The molecule has 4 rings (SSSR count). The quantitative estimate of drug-likeness (QED) is 0.370. The zero-order valence-electron chi connectivity index (χ0n) is 16.4. The van der Waals surface area contributed by atoms with Gasteiger partial charge in [-0.25, -0.2) is 0 Å². The topological polar surface area (TPSA) is 81.4 Å². The molecule has 0 fully saturated rings. The number of fused-ring (bicyclic) bond motifs is 1. The van der Waals surface area contributed by atoms with Gasteiger partial charge in [-0.2, -0.15) is 9.61 Å². The summed E-state index contributed by atoms with van der Waals surface area (Å²) in [4.78, 5) is 12.3. The third kappa shape index (κ3) is 4.92. The van der Waals surface area contributed by atoms with Crippen LogP contribution in [0.15, 0.2) is 59.6 Å². The van der Waals surface area contributed by atoms with Gasteiger partial charge in [-0.05, 0) is 55.5 Å². The van der Waals surface area contributed by atoms with Gasteiger partial charge in [0, 0.05) is 5.56 Å². The van der Waals surface area contributed by atoms with Gasteiger partial charge < -0.3 is 10.1 Å². The summed E-state index contributed by atoms with van der Waals surface area (Å²) in [6.07, 6.45) is 0. The molecule has 31 heavy (non-hydrogen) atoms. The van der Waals surface area contributed by atoms with Crippen LogP contribution >= 0.6 is 35.0 Å². The number of hydrogen-bond acceptors (Lipinski definition) is 6. The minimum Gasteiger partial charge on any atom is -0.494 e. The van der Waals surface area contributed by atoms with E-state index in [9.17, 15) is 4.79 Å². The molecule has 1 N–H and O–H groups in total. The van der Waals surface area contributed by atoms with Crippen molar-refractivity contribution in [3.63, 3.8) is 0 Å². The SMILES string of the molecule is CCOc1ccc(-c2nnc3ccc(SCC(=O)Nc4cccc(Cl)c4Cl)nn23)cc1. The fourth-order valence-electron chi connectivity index (χ4n) is 2.82. The van der Waals surface area contributed by atoms with Crippen LogP contribution in [0.4, 0.5) is 5.69 Å². The molecular weight excluding hydrogens is 457 g/mol. The van der Waals surface area contributed by atoms with Crippen LogP contribution in [0.2, 0.25) is 10.0 Å². The van der Waals surface area contributed by atoms with Gasteiger partial charge in [-0.15, -0.1) is 10.2 Å². The number of nitrogens with zero attached hydrogens (tertiary/aromatic N) is 4. The lowest BCUT2D eigenvalue weighted by molar-refractivity contribution is -0.113. The maximum atomic E-state index is 12.3. The van der Waals surface area contributed by atoms with Crippen LogP contribution in [-0.2, 0) is 4.79 Å². The first-order valence-electron chi connectivity index (χ1n) is 9.37. The minimum atomic E-state index is -0.216. The Morgan fingerprint density at radius 1 is 1.10 bits per heavy atom. The first-order chi connectivity index (χ1) is 15.0. The number of amides is 1. The third-order valence-electron chi connectivity index (χ3n) is 4.24. The molecule has 0 atom stereocenters. The van der Waals surface area contributed by atoms with Crippen molar-refractivity contribution in [2.45, 2.75) is 11.9 Å². The van der Waals surface area contributed by atoms with E-state index in [0.717, 1.165) is 11.3 Å². The zero-order chi connectivity index (χ0) is 21.8. The number of carbonyl (C=O) groups excluding carboxylic acids is 1. The van der Waals surface area contributed by atoms with Crippen LogP contribution in [-0.4, -0.2) is 38.1 Å². The smallest absolute Gasteiger partial charge is 0.234 e. The number of thioether (sulfide) groups is 1. The number of ether oxygens (including phenoxy) is 1. The molecule has 0 aliphatic heterocycles. The van der Waals surface area contributed by atoms with E-state index in [0.29, 0.717) is 38.8 Å². The van der Waals surface area contributed by atoms with Crippen molar-refractivity contribution in [1.82, 2.24) is 19.8 Å². The van der Waals surface area contributed by atoms with E-state index < -0.39 is 0 Å². The van der Waals surface area contributed by atoms with Crippen LogP contribution in [0.25, 0.3) is 17.0 Å². The molecule has 0 aliphatic carbocycles. The van der Waals surface area contributed by atoms with Crippen molar-refractivity contribution in [3.8, 4) is 17.1 Å². The second kappa shape index (κ2) is 9.55. The van der Waals surface area contributed by atoms with Crippen LogP contribution < -0.4 is 10.1 Å². The predicted molar refractivity (Wildman–Crippen MR) is 123 cm³/mol. The predicted octanol–water partition coefficient (Wildman–Crippen LogP) is 5.23. The molecule has 2 aromatic carbocycles. The van der Waals surface area contributed by atoms with Gasteiger partial charge in [0.2, 0.25) is 5.91 Å². The van der Waals surface area contributed by atoms with Gasteiger partial charge in [0.1, 0.15) is 10.8 Å². The molecule has 10 heteroatoms.